The molecule has 4 aliphatic rings. The van der Waals surface area contributed by atoms with Crippen LogP contribution in [-0.4, -0.2) is 23.9 Å². The Labute approximate surface area is 143 Å². The number of hydrogen-bond acceptors (Lipinski definition) is 1. The molecule has 6 rings (SSSR count). The normalized spacial score (nSPS) is 27.5. The summed E-state index contributed by atoms with van der Waals surface area (Å²) < 4.78 is 0. The lowest BCUT2D eigenvalue weighted by Crippen LogP contribution is -2.45. The molecule has 0 spiro atoms. The number of benzene rings is 2. The summed E-state index contributed by atoms with van der Waals surface area (Å²) in [5.41, 5.74) is 5.68. The standard InChI is InChI=1S/C22H23NO/c24-22(23-12-6-1-7-13-23)20-14-19-15-8-2-4-10-17(15)21(20)18-11-5-3-9-16(18)19/h2-5,8-11,19-21H,1,6-7,12-14H2. The van der Waals surface area contributed by atoms with Gasteiger partial charge in [-0.1, -0.05) is 48.5 Å². The van der Waals surface area contributed by atoms with E-state index >= 15 is 0 Å². The summed E-state index contributed by atoms with van der Waals surface area (Å²) in [6, 6.07) is 17.6. The predicted octanol–water partition coefficient (Wildman–Crippen LogP) is 4.30. The molecule has 1 atom stereocenters. The zero-order valence-corrected chi connectivity index (χ0v) is 13.9. The van der Waals surface area contributed by atoms with Gasteiger partial charge in [0, 0.05) is 30.8 Å². The predicted molar refractivity (Wildman–Crippen MR) is 95.1 cm³/mol. The summed E-state index contributed by atoms with van der Waals surface area (Å²) in [4.78, 5) is 15.4. The molecule has 2 heteroatoms. The van der Waals surface area contributed by atoms with Crippen LogP contribution in [0.5, 0.6) is 0 Å². The second kappa shape index (κ2) is 5.47. The lowest BCUT2D eigenvalue weighted by Gasteiger charge is -2.46. The molecule has 2 nitrogen and oxygen atoms in total. The number of carbonyl (C=O) groups excluding carboxylic acids is 1. The Morgan fingerprint density at radius 1 is 0.792 bits per heavy atom. The monoisotopic (exact) mass is 317 g/mol. The fourth-order valence-electron chi connectivity index (χ4n) is 5.23. The topological polar surface area (TPSA) is 20.3 Å². The van der Waals surface area contributed by atoms with E-state index in [1.165, 1.54) is 41.5 Å². The summed E-state index contributed by atoms with van der Waals surface area (Å²) in [6.07, 6.45) is 4.58. The Morgan fingerprint density at radius 2 is 1.33 bits per heavy atom. The fraction of sp³-hybridized carbons (Fsp3) is 0.409. The average molecular weight is 317 g/mol. The van der Waals surface area contributed by atoms with E-state index in [2.05, 4.69) is 53.4 Å². The van der Waals surface area contributed by atoms with Crippen molar-refractivity contribution in [2.45, 2.75) is 37.5 Å². The summed E-state index contributed by atoms with van der Waals surface area (Å²) >= 11 is 0. The van der Waals surface area contributed by atoms with E-state index < -0.39 is 0 Å². The van der Waals surface area contributed by atoms with Crippen molar-refractivity contribution >= 4 is 5.91 Å². The van der Waals surface area contributed by atoms with Gasteiger partial charge in [-0.2, -0.15) is 0 Å². The lowest BCUT2D eigenvalue weighted by atomic mass is 9.59. The molecule has 1 amide bonds. The van der Waals surface area contributed by atoms with Crippen LogP contribution in [0, 0.1) is 5.92 Å². The quantitative estimate of drug-likeness (QED) is 0.768. The molecule has 1 unspecified atom stereocenters. The molecular weight excluding hydrogens is 294 g/mol. The van der Waals surface area contributed by atoms with Gasteiger partial charge in [0.05, 0.1) is 0 Å². The molecule has 0 N–H and O–H groups in total. The van der Waals surface area contributed by atoms with Gasteiger partial charge in [-0.3, -0.25) is 4.79 Å². The fourth-order valence-corrected chi connectivity index (χ4v) is 5.23. The van der Waals surface area contributed by atoms with E-state index in [1.807, 2.05) is 0 Å². The summed E-state index contributed by atoms with van der Waals surface area (Å²) in [6.45, 7) is 1.91. The van der Waals surface area contributed by atoms with Crippen LogP contribution in [0.3, 0.4) is 0 Å². The zero-order chi connectivity index (χ0) is 16.1. The first kappa shape index (κ1) is 14.3. The van der Waals surface area contributed by atoms with Gasteiger partial charge in [-0.25, -0.2) is 0 Å². The van der Waals surface area contributed by atoms with Crippen LogP contribution in [0.25, 0.3) is 0 Å². The Hall–Kier alpha value is -2.09. The van der Waals surface area contributed by atoms with Gasteiger partial charge in [0.2, 0.25) is 5.91 Å². The van der Waals surface area contributed by atoms with Crippen LogP contribution in [0.1, 0.15) is 59.8 Å². The highest BCUT2D eigenvalue weighted by Crippen LogP contribution is 2.55. The highest BCUT2D eigenvalue weighted by Gasteiger charge is 2.46. The van der Waals surface area contributed by atoms with Crippen LogP contribution in [-0.2, 0) is 4.79 Å². The number of hydrogen-bond donors (Lipinski definition) is 0. The highest BCUT2D eigenvalue weighted by atomic mass is 16.2. The third kappa shape index (κ3) is 1.98. The van der Waals surface area contributed by atoms with E-state index in [0.717, 1.165) is 19.5 Å². The van der Waals surface area contributed by atoms with E-state index in [4.69, 9.17) is 0 Å². The molecule has 0 radical (unpaired) electrons. The van der Waals surface area contributed by atoms with Crippen LogP contribution in [0.2, 0.25) is 0 Å². The average Bonchev–Trinajstić information content (AvgIpc) is 2.68. The van der Waals surface area contributed by atoms with Gasteiger partial charge in [-0.05, 0) is 47.9 Å². The number of rotatable bonds is 1. The van der Waals surface area contributed by atoms with Crippen molar-refractivity contribution in [1.82, 2.24) is 4.90 Å². The molecule has 122 valence electrons. The molecule has 24 heavy (non-hydrogen) atoms. The van der Waals surface area contributed by atoms with E-state index in [-0.39, 0.29) is 11.8 Å². The van der Waals surface area contributed by atoms with Crippen molar-refractivity contribution in [3.63, 3.8) is 0 Å². The van der Waals surface area contributed by atoms with Crippen molar-refractivity contribution in [1.29, 1.82) is 0 Å². The van der Waals surface area contributed by atoms with E-state index in [1.54, 1.807) is 0 Å². The van der Waals surface area contributed by atoms with E-state index in [0.29, 0.717) is 11.8 Å². The first-order valence-electron chi connectivity index (χ1n) is 9.31. The molecule has 1 heterocycles. The van der Waals surface area contributed by atoms with Gasteiger partial charge in [0.1, 0.15) is 0 Å². The molecule has 3 aliphatic carbocycles. The van der Waals surface area contributed by atoms with Crippen LogP contribution in [0.4, 0.5) is 0 Å². The van der Waals surface area contributed by atoms with Gasteiger partial charge >= 0.3 is 0 Å². The lowest BCUT2D eigenvalue weighted by molar-refractivity contribution is -0.137. The van der Waals surface area contributed by atoms with E-state index in [9.17, 15) is 4.79 Å². The second-order valence-corrected chi connectivity index (χ2v) is 7.52. The molecule has 2 bridgehead atoms. The minimum absolute atomic E-state index is 0.123. The minimum atomic E-state index is 0.123. The van der Waals surface area contributed by atoms with Gasteiger partial charge < -0.3 is 4.90 Å². The maximum absolute atomic E-state index is 13.3. The van der Waals surface area contributed by atoms with Crippen molar-refractivity contribution in [3.8, 4) is 0 Å². The van der Waals surface area contributed by atoms with Crippen molar-refractivity contribution in [3.05, 3.63) is 70.8 Å². The third-order valence-corrected chi connectivity index (χ3v) is 6.29. The second-order valence-electron chi connectivity index (χ2n) is 7.52. The van der Waals surface area contributed by atoms with Crippen LogP contribution >= 0.6 is 0 Å². The molecule has 1 fully saturated rings. The maximum Gasteiger partial charge on any atom is 0.226 e. The molecule has 0 saturated carbocycles. The first-order chi connectivity index (χ1) is 11.8. The SMILES string of the molecule is O=C(C1CC2c3ccccc3C1c1ccccc12)N1CCCCC1. The molecular formula is C22H23NO. The largest absolute Gasteiger partial charge is 0.342 e. The van der Waals surface area contributed by atoms with Gasteiger partial charge in [-0.15, -0.1) is 0 Å². The van der Waals surface area contributed by atoms with Crippen molar-refractivity contribution in [2.24, 2.45) is 5.92 Å². The Kier molecular flexibility index (Phi) is 3.26. The molecule has 2 aromatic rings. The number of fused-ring (bicyclic) bond motifs is 1. The summed E-state index contributed by atoms with van der Waals surface area (Å²) in [5, 5.41) is 0. The smallest absolute Gasteiger partial charge is 0.226 e. The van der Waals surface area contributed by atoms with Crippen LogP contribution < -0.4 is 0 Å². The molecule has 1 saturated heterocycles. The summed E-state index contributed by atoms with van der Waals surface area (Å²) in [7, 11) is 0. The number of carbonyl (C=O) groups is 1. The number of amides is 1. The molecule has 1 aliphatic heterocycles. The van der Waals surface area contributed by atoms with Gasteiger partial charge in [0.25, 0.3) is 0 Å². The Morgan fingerprint density at radius 3 is 1.92 bits per heavy atom. The number of piperidine rings is 1. The Bertz CT molecular complexity index is 743. The number of likely N-dealkylation sites (tertiary alicyclic amines) is 1. The first-order valence-corrected chi connectivity index (χ1v) is 9.31. The third-order valence-electron chi connectivity index (χ3n) is 6.29. The van der Waals surface area contributed by atoms with Gasteiger partial charge in [0.15, 0.2) is 0 Å². The summed E-state index contributed by atoms with van der Waals surface area (Å²) in [5.74, 6) is 1.16. The zero-order valence-electron chi connectivity index (χ0n) is 13.9. The number of nitrogens with zero attached hydrogens (tertiary/aromatic N) is 1. The molecule has 0 aromatic heterocycles. The molecule has 2 aromatic carbocycles. The van der Waals surface area contributed by atoms with Crippen LogP contribution in [0.15, 0.2) is 48.5 Å². The van der Waals surface area contributed by atoms with Crippen molar-refractivity contribution < 1.29 is 4.79 Å². The van der Waals surface area contributed by atoms with Crippen molar-refractivity contribution in [2.75, 3.05) is 13.1 Å². The maximum atomic E-state index is 13.3. The minimum Gasteiger partial charge on any atom is -0.342 e. The Balaban J connectivity index is 1.59. The highest BCUT2D eigenvalue weighted by molar-refractivity contribution is 5.82.